The summed E-state index contributed by atoms with van der Waals surface area (Å²) >= 11 is 0.592. The Morgan fingerprint density at radius 1 is 1.09 bits per heavy atom. The van der Waals surface area contributed by atoms with Crippen LogP contribution in [0.4, 0.5) is 4.79 Å². The first-order valence-electron chi connectivity index (χ1n) is 9.98. The number of nitrogens with one attached hydrogen (secondary N) is 2. The van der Waals surface area contributed by atoms with Gasteiger partial charge < -0.3 is 4.74 Å². The van der Waals surface area contributed by atoms with Crippen LogP contribution in [0.25, 0.3) is 5.69 Å². The van der Waals surface area contributed by atoms with Crippen molar-refractivity contribution >= 4 is 41.0 Å². The van der Waals surface area contributed by atoms with E-state index in [1.54, 1.807) is 42.5 Å². The minimum atomic E-state index is -0.865. The van der Waals surface area contributed by atoms with Crippen LogP contribution in [0.1, 0.15) is 5.56 Å². The Morgan fingerprint density at radius 3 is 2.57 bits per heavy atom. The molecule has 0 radical (unpaired) electrons. The van der Waals surface area contributed by atoms with Crippen molar-refractivity contribution in [3.05, 3.63) is 88.0 Å². The minimum absolute atomic E-state index is 0.0802. The summed E-state index contributed by atoms with van der Waals surface area (Å²) < 4.78 is 7.52. The lowest BCUT2D eigenvalue weighted by Crippen LogP contribution is -2.31. The first kappa shape index (κ1) is 23.4. The number of hydrazone groups is 1. The van der Waals surface area contributed by atoms with E-state index in [4.69, 9.17) is 4.74 Å². The van der Waals surface area contributed by atoms with E-state index in [0.717, 1.165) is 10.8 Å². The quantitative estimate of drug-likeness (QED) is 0.163. The number of carbonyl (C=O) groups excluding carboxylic acids is 4. The lowest BCUT2D eigenvalue weighted by Gasteiger charge is -2.05. The second kappa shape index (κ2) is 10.4. The molecule has 0 unspecified atom stereocenters. The van der Waals surface area contributed by atoms with Crippen LogP contribution in [-0.2, 0) is 20.9 Å². The number of imide groups is 1. The predicted octanol–water partition coefficient (Wildman–Crippen LogP) is 0.957. The molecule has 3 aromatic rings. The molecule has 1 aliphatic rings. The van der Waals surface area contributed by atoms with Gasteiger partial charge in [-0.15, -0.1) is 0 Å². The molecule has 176 valence electrons. The van der Waals surface area contributed by atoms with Gasteiger partial charge in [-0.25, -0.2) is 24.3 Å². The second-order valence-corrected chi connectivity index (χ2v) is 7.90. The monoisotopic (exact) mass is 492 g/mol. The summed E-state index contributed by atoms with van der Waals surface area (Å²) in [5.41, 5.74) is 2.76. The first-order chi connectivity index (χ1) is 16.9. The fourth-order valence-corrected chi connectivity index (χ4v) is 3.54. The van der Waals surface area contributed by atoms with Crippen molar-refractivity contribution in [2.75, 3.05) is 0 Å². The van der Waals surface area contributed by atoms with Crippen molar-refractivity contribution in [3.8, 4) is 11.4 Å². The molecule has 35 heavy (non-hydrogen) atoms. The van der Waals surface area contributed by atoms with Gasteiger partial charge in [-0.1, -0.05) is 30.3 Å². The number of aromatic nitrogens is 3. The van der Waals surface area contributed by atoms with Gasteiger partial charge in [0, 0.05) is 11.6 Å². The number of amides is 3. The highest BCUT2D eigenvalue weighted by atomic mass is 32.2. The van der Waals surface area contributed by atoms with Crippen LogP contribution in [0.5, 0.6) is 5.75 Å². The van der Waals surface area contributed by atoms with Crippen LogP contribution in [-0.4, -0.2) is 43.6 Å². The normalized spacial score (nSPS) is 14.3. The Hall–Kier alpha value is -4.78. The summed E-state index contributed by atoms with van der Waals surface area (Å²) in [4.78, 5) is 59.5. The standard InChI is InChI=1S/C22H16N6O6S/c29-18(12-28-22(33)27(13-24-28)15-7-2-1-3-8-15)26-23-11-14-6-4-5-9-16(14)34-19(30)10-17-20(31)25-21(32)35-17/h1-11,13H,12H2,(H,26,29)(H,25,31,32)/b17-10+,23-11+. The lowest BCUT2D eigenvalue weighted by molar-refractivity contribution is -0.129. The molecule has 3 amide bonds. The molecular formula is C22H16N6O6S. The highest BCUT2D eigenvalue weighted by molar-refractivity contribution is 8.18. The predicted molar refractivity (Wildman–Crippen MR) is 125 cm³/mol. The molecule has 1 saturated heterocycles. The van der Waals surface area contributed by atoms with Crippen molar-refractivity contribution in [2.45, 2.75) is 6.54 Å². The van der Waals surface area contributed by atoms with Gasteiger partial charge >= 0.3 is 11.7 Å². The molecule has 2 N–H and O–H groups in total. The highest BCUT2D eigenvalue weighted by Crippen LogP contribution is 2.23. The van der Waals surface area contributed by atoms with Gasteiger partial charge in [0.1, 0.15) is 18.6 Å². The molecule has 0 saturated carbocycles. The van der Waals surface area contributed by atoms with Crippen LogP contribution < -0.4 is 21.2 Å². The number of hydrogen-bond donors (Lipinski definition) is 2. The van der Waals surface area contributed by atoms with Gasteiger partial charge in [0.25, 0.3) is 17.1 Å². The van der Waals surface area contributed by atoms with E-state index in [1.807, 2.05) is 11.4 Å². The van der Waals surface area contributed by atoms with E-state index in [2.05, 4.69) is 15.6 Å². The summed E-state index contributed by atoms with van der Waals surface area (Å²) in [5, 5.41) is 9.23. The van der Waals surface area contributed by atoms with Crippen LogP contribution in [0.3, 0.4) is 0 Å². The van der Waals surface area contributed by atoms with Crippen molar-refractivity contribution in [1.82, 2.24) is 25.1 Å². The van der Waals surface area contributed by atoms with E-state index in [9.17, 15) is 24.0 Å². The van der Waals surface area contributed by atoms with Crippen molar-refractivity contribution in [2.24, 2.45) is 5.10 Å². The Bertz CT molecular complexity index is 1430. The number of para-hydroxylation sites is 2. The van der Waals surface area contributed by atoms with Crippen molar-refractivity contribution < 1.29 is 23.9 Å². The van der Waals surface area contributed by atoms with E-state index >= 15 is 0 Å². The fourth-order valence-electron chi connectivity index (χ4n) is 2.90. The first-order valence-corrected chi connectivity index (χ1v) is 10.8. The molecule has 1 aliphatic heterocycles. The van der Waals surface area contributed by atoms with Gasteiger partial charge in [-0.2, -0.15) is 10.2 Å². The molecule has 0 atom stereocenters. The molecule has 2 heterocycles. The number of benzene rings is 2. The number of rotatable bonds is 7. The lowest BCUT2D eigenvalue weighted by atomic mass is 10.2. The number of nitrogens with zero attached hydrogens (tertiary/aromatic N) is 4. The largest absolute Gasteiger partial charge is 0.423 e. The summed E-state index contributed by atoms with van der Waals surface area (Å²) in [6.07, 6.45) is 3.48. The van der Waals surface area contributed by atoms with Gasteiger partial charge in [-0.3, -0.25) is 19.7 Å². The average molecular weight is 492 g/mol. The maximum absolute atomic E-state index is 12.5. The number of esters is 1. The smallest absolute Gasteiger partial charge is 0.350 e. The maximum Gasteiger partial charge on any atom is 0.350 e. The van der Waals surface area contributed by atoms with Gasteiger partial charge in [0.2, 0.25) is 0 Å². The minimum Gasteiger partial charge on any atom is -0.423 e. The van der Waals surface area contributed by atoms with Crippen molar-refractivity contribution in [1.29, 1.82) is 0 Å². The molecule has 1 fully saturated rings. The third-order valence-electron chi connectivity index (χ3n) is 4.47. The fraction of sp³-hybridized carbons (Fsp3) is 0.0455. The Kier molecular flexibility index (Phi) is 6.97. The second-order valence-electron chi connectivity index (χ2n) is 6.88. The SMILES string of the molecule is O=C(Cn1ncn(-c2ccccc2)c1=O)N/N=C/c1ccccc1OC(=O)/C=C1/SC(=O)NC1=O. The van der Waals surface area contributed by atoms with Crippen LogP contribution in [0, 0.1) is 0 Å². The number of hydrogen-bond acceptors (Lipinski definition) is 9. The van der Waals surface area contributed by atoms with Crippen LogP contribution in [0.15, 0.2) is 81.8 Å². The summed E-state index contributed by atoms with van der Waals surface area (Å²) in [6, 6.07) is 15.2. The molecule has 1 aromatic heterocycles. The zero-order valence-electron chi connectivity index (χ0n) is 17.8. The van der Waals surface area contributed by atoms with E-state index in [-0.39, 0.29) is 17.2 Å². The van der Waals surface area contributed by atoms with Crippen LogP contribution >= 0.6 is 11.8 Å². The van der Waals surface area contributed by atoms with E-state index < -0.39 is 28.7 Å². The zero-order chi connectivity index (χ0) is 24.8. The molecule has 0 bridgehead atoms. The van der Waals surface area contributed by atoms with Gasteiger partial charge in [0.05, 0.1) is 16.8 Å². The number of ether oxygens (including phenoxy) is 1. The highest BCUT2D eigenvalue weighted by Gasteiger charge is 2.26. The molecular weight excluding hydrogens is 476 g/mol. The van der Waals surface area contributed by atoms with Gasteiger partial charge in [0.15, 0.2) is 0 Å². The molecule has 0 aliphatic carbocycles. The van der Waals surface area contributed by atoms with Crippen LogP contribution in [0.2, 0.25) is 0 Å². The summed E-state index contributed by atoms with van der Waals surface area (Å²) in [6.45, 7) is -0.362. The number of thioether (sulfide) groups is 1. The molecule has 0 spiro atoms. The third kappa shape index (κ3) is 5.78. The van der Waals surface area contributed by atoms with E-state index in [0.29, 0.717) is 23.0 Å². The zero-order valence-corrected chi connectivity index (χ0v) is 18.6. The molecule has 2 aromatic carbocycles. The molecule has 12 nitrogen and oxygen atoms in total. The van der Waals surface area contributed by atoms with Gasteiger partial charge in [-0.05, 0) is 36.0 Å². The Morgan fingerprint density at radius 2 is 1.83 bits per heavy atom. The third-order valence-corrected chi connectivity index (χ3v) is 5.29. The average Bonchev–Trinajstić information content (AvgIpc) is 3.35. The van der Waals surface area contributed by atoms with Crippen molar-refractivity contribution in [3.63, 3.8) is 0 Å². The maximum atomic E-state index is 12.5. The van der Waals surface area contributed by atoms with E-state index in [1.165, 1.54) is 23.2 Å². The topological polar surface area (TPSA) is 154 Å². The number of carbonyl (C=O) groups is 4. The molecule has 4 rings (SSSR count). The molecule has 13 heteroatoms. The Labute approximate surface area is 201 Å². The Balaban J connectivity index is 1.38. The summed E-state index contributed by atoms with van der Waals surface area (Å²) in [5.74, 6) is -2.03. The summed E-state index contributed by atoms with van der Waals surface area (Å²) in [7, 11) is 0.